The van der Waals surface area contributed by atoms with E-state index in [0.29, 0.717) is 6.61 Å². The lowest BCUT2D eigenvalue weighted by Crippen LogP contribution is -2.16. The molecule has 0 bridgehead atoms. The van der Waals surface area contributed by atoms with E-state index in [0.717, 1.165) is 35.3 Å². The molecule has 2 nitrogen and oxygen atoms in total. The van der Waals surface area contributed by atoms with Crippen LogP contribution in [0.25, 0.3) is 0 Å². The van der Waals surface area contributed by atoms with Crippen LogP contribution in [0.4, 0.5) is 0 Å². The number of rotatable bonds is 8. The summed E-state index contributed by atoms with van der Waals surface area (Å²) in [6.07, 6.45) is 1.21. The summed E-state index contributed by atoms with van der Waals surface area (Å²) in [7, 11) is 0. The van der Waals surface area contributed by atoms with Crippen LogP contribution in [0.1, 0.15) is 31.4 Å². The Labute approximate surface area is 138 Å². The maximum atomic E-state index is 6.12. The molecule has 0 aliphatic carbocycles. The Morgan fingerprint density at radius 3 is 2.45 bits per heavy atom. The minimum atomic E-state index is 0.492. The SMILES string of the molecule is CC(C)CCNCc1ccc(OCc2ccccc2Cl)cc1. The molecule has 0 saturated carbocycles. The number of halogens is 1. The lowest BCUT2D eigenvalue weighted by Gasteiger charge is -2.09. The van der Waals surface area contributed by atoms with Crippen molar-refractivity contribution in [1.29, 1.82) is 0 Å². The zero-order valence-electron chi connectivity index (χ0n) is 13.3. The van der Waals surface area contributed by atoms with Crippen LogP contribution in [0, 0.1) is 5.92 Å². The van der Waals surface area contributed by atoms with Gasteiger partial charge < -0.3 is 10.1 Å². The summed E-state index contributed by atoms with van der Waals surface area (Å²) in [5.41, 5.74) is 2.28. The minimum Gasteiger partial charge on any atom is -0.489 e. The molecule has 118 valence electrons. The number of ether oxygens (including phenoxy) is 1. The van der Waals surface area contributed by atoms with Crippen molar-refractivity contribution in [2.45, 2.75) is 33.4 Å². The molecule has 0 radical (unpaired) electrons. The van der Waals surface area contributed by atoms with Gasteiger partial charge in [-0.15, -0.1) is 0 Å². The molecule has 0 heterocycles. The Bertz CT molecular complexity index is 566. The minimum absolute atomic E-state index is 0.492. The first kappa shape index (κ1) is 16.9. The van der Waals surface area contributed by atoms with Crippen LogP contribution >= 0.6 is 11.6 Å². The summed E-state index contributed by atoms with van der Waals surface area (Å²) < 4.78 is 5.78. The van der Waals surface area contributed by atoms with E-state index in [1.165, 1.54) is 12.0 Å². The summed E-state index contributed by atoms with van der Waals surface area (Å²) in [5, 5.41) is 4.20. The first-order valence-electron chi connectivity index (χ1n) is 7.81. The van der Waals surface area contributed by atoms with Gasteiger partial charge in [0.05, 0.1) is 0 Å². The van der Waals surface area contributed by atoms with Crippen LogP contribution in [-0.2, 0) is 13.2 Å². The molecule has 0 fully saturated rings. The first-order valence-corrected chi connectivity index (χ1v) is 8.19. The molecule has 1 N–H and O–H groups in total. The van der Waals surface area contributed by atoms with Crippen LogP contribution in [0.5, 0.6) is 5.75 Å². The summed E-state index contributed by atoms with van der Waals surface area (Å²) in [4.78, 5) is 0. The fraction of sp³-hybridized carbons (Fsp3) is 0.368. The van der Waals surface area contributed by atoms with Gasteiger partial charge in [-0.3, -0.25) is 0 Å². The standard InChI is InChI=1S/C19H24ClNO/c1-15(2)11-12-21-13-16-7-9-18(10-8-16)22-14-17-5-3-4-6-19(17)20/h3-10,15,21H,11-14H2,1-2H3. The molecule has 2 aromatic rings. The monoisotopic (exact) mass is 317 g/mol. The molecule has 0 unspecified atom stereocenters. The number of benzene rings is 2. The van der Waals surface area contributed by atoms with E-state index in [1.54, 1.807) is 0 Å². The van der Waals surface area contributed by atoms with Crippen molar-refractivity contribution in [2.75, 3.05) is 6.54 Å². The third kappa shape index (κ3) is 5.70. The molecule has 0 aliphatic heterocycles. The second kappa shape index (κ2) is 8.82. The van der Waals surface area contributed by atoms with E-state index < -0.39 is 0 Å². The topological polar surface area (TPSA) is 21.3 Å². The van der Waals surface area contributed by atoms with Gasteiger partial charge in [0.25, 0.3) is 0 Å². The fourth-order valence-corrected chi connectivity index (χ4v) is 2.29. The van der Waals surface area contributed by atoms with Gasteiger partial charge >= 0.3 is 0 Å². The predicted octanol–water partition coefficient (Wildman–Crippen LogP) is 5.05. The number of hydrogen-bond donors (Lipinski definition) is 1. The van der Waals surface area contributed by atoms with Gasteiger partial charge in [-0.2, -0.15) is 0 Å². The van der Waals surface area contributed by atoms with E-state index in [-0.39, 0.29) is 0 Å². The Morgan fingerprint density at radius 2 is 1.77 bits per heavy atom. The van der Waals surface area contributed by atoms with Crippen molar-refractivity contribution in [3.05, 3.63) is 64.7 Å². The zero-order chi connectivity index (χ0) is 15.8. The van der Waals surface area contributed by atoms with Gasteiger partial charge in [0.2, 0.25) is 0 Å². The Hall–Kier alpha value is -1.51. The Balaban J connectivity index is 1.78. The molecule has 2 aromatic carbocycles. The largest absolute Gasteiger partial charge is 0.489 e. The van der Waals surface area contributed by atoms with E-state index in [1.807, 2.05) is 36.4 Å². The van der Waals surface area contributed by atoms with Crippen LogP contribution in [-0.4, -0.2) is 6.54 Å². The molecular weight excluding hydrogens is 294 g/mol. The predicted molar refractivity (Wildman–Crippen MR) is 93.4 cm³/mol. The Kier molecular flexibility index (Phi) is 6.75. The lowest BCUT2D eigenvalue weighted by molar-refractivity contribution is 0.306. The third-order valence-electron chi connectivity index (χ3n) is 3.50. The summed E-state index contributed by atoms with van der Waals surface area (Å²) in [6, 6.07) is 16.0. The molecular formula is C19H24ClNO. The molecule has 0 amide bonds. The van der Waals surface area contributed by atoms with Crippen LogP contribution < -0.4 is 10.1 Å². The highest BCUT2D eigenvalue weighted by atomic mass is 35.5. The molecule has 0 atom stereocenters. The molecule has 22 heavy (non-hydrogen) atoms. The van der Waals surface area contributed by atoms with Crippen molar-refractivity contribution in [1.82, 2.24) is 5.32 Å². The van der Waals surface area contributed by atoms with Crippen molar-refractivity contribution in [2.24, 2.45) is 5.92 Å². The smallest absolute Gasteiger partial charge is 0.119 e. The maximum absolute atomic E-state index is 6.12. The highest BCUT2D eigenvalue weighted by molar-refractivity contribution is 6.31. The zero-order valence-corrected chi connectivity index (χ0v) is 14.1. The highest BCUT2D eigenvalue weighted by Crippen LogP contribution is 2.19. The van der Waals surface area contributed by atoms with Gasteiger partial charge in [0, 0.05) is 17.1 Å². The van der Waals surface area contributed by atoms with E-state index in [9.17, 15) is 0 Å². The average Bonchev–Trinajstić information content (AvgIpc) is 2.52. The normalized spacial score (nSPS) is 10.9. The summed E-state index contributed by atoms with van der Waals surface area (Å²) in [6.45, 7) is 6.94. The molecule has 2 rings (SSSR count). The fourth-order valence-electron chi connectivity index (χ4n) is 2.10. The summed E-state index contributed by atoms with van der Waals surface area (Å²) >= 11 is 6.12. The van der Waals surface area contributed by atoms with Gasteiger partial charge in [0.15, 0.2) is 0 Å². The number of hydrogen-bond acceptors (Lipinski definition) is 2. The van der Waals surface area contributed by atoms with Crippen molar-refractivity contribution in [3.63, 3.8) is 0 Å². The second-order valence-electron chi connectivity index (χ2n) is 5.88. The molecule has 3 heteroatoms. The quantitative estimate of drug-likeness (QED) is 0.687. The molecule has 0 spiro atoms. The van der Waals surface area contributed by atoms with Crippen molar-refractivity contribution >= 4 is 11.6 Å². The van der Waals surface area contributed by atoms with Gasteiger partial charge in [-0.1, -0.05) is 55.8 Å². The number of nitrogens with one attached hydrogen (secondary N) is 1. The van der Waals surface area contributed by atoms with E-state index in [4.69, 9.17) is 16.3 Å². The summed E-state index contributed by atoms with van der Waals surface area (Å²) in [5.74, 6) is 1.61. The van der Waals surface area contributed by atoms with Crippen LogP contribution in [0.3, 0.4) is 0 Å². The average molecular weight is 318 g/mol. The van der Waals surface area contributed by atoms with Gasteiger partial charge in [-0.25, -0.2) is 0 Å². The molecule has 0 aromatic heterocycles. The van der Waals surface area contributed by atoms with E-state index in [2.05, 4.69) is 31.3 Å². The lowest BCUT2D eigenvalue weighted by atomic mass is 10.1. The van der Waals surface area contributed by atoms with Gasteiger partial charge in [-0.05, 0) is 42.6 Å². The maximum Gasteiger partial charge on any atom is 0.119 e. The van der Waals surface area contributed by atoms with Crippen LogP contribution in [0.2, 0.25) is 5.02 Å². The Morgan fingerprint density at radius 1 is 1.05 bits per heavy atom. The first-order chi connectivity index (χ1) is 10.6. The van der Waals surface area contributed by atoms with Gasteiger partial charge in [0.1, 0.15) is 12.4 Å². The van der Waals surface area contributed by atoms with Crippen LogP contribution in [0.15, 0.2) is 48.5 Å². The molecule has 0 saturated heterocycles. The third-order valence-corrected chi connectivity index (χ3v) is 3.87. The highest BCUT2D eigenvalue weighted by Gasteiger charge is 2.01. The van der Waals surface area contributed by atoms with Crippen molar-refractivity contribution < 1.29 is 4.74 Å². The second-order valence-corrected chi connectivity index (χ2v) is 6.29. The molecule has 0 aliphatic rings. The van der Waals surface area contributed by atoms with E-state index >= 15 is 0 Å². The van der Waals surface area contributed by atoms with Crippen molar-refractivity contribution in [3.8, 4) is 5.75 Å².